The van der Waals surface area contributed by atoms with Crippen molar-refractivity contribution in [3.8, 4) is 6.07 Å². The van der Waals surface area contributed by atoms with E-state index in [-0.39, 0.29) is 11.9 Å². The molecule has 4 heteroatoms. The Labute approximate surface area is 108 Å². The number of carbonyl (C=O) groups is 1. The SMILES string of the molecule is CCSCCC(C)NC(=O)C1(C#N)CCCC1. The van der Waals surface area contributed by atoms with Gasteiger partial charge in [0.1, 0.15) is 5.41 Å². The summed E-state index contributed by atoms with van der Waals surface area (Å²) in [6, 6.07) is 2.41. The molecule has 1 rings (SSSR count). The van der Waals surface area contributed by atoms with E-state index in [1.807, 2.05) is 18.7 Å². The van der Waals surface area contributed by atoms with Gasteiger partial charge in [0, 0.05) is 6.04 Å². The van der Waals surface area contributed by atoms with Crippen LogP contribution in [0, 0.1) is 16.7 Å². The Bertz CT molecular complexity index is 292. The average molecular weight is 254 g/mol. The largest absolute Gasteiger partial charge is 0.352 e. The first-order valence-electron chi connectivity index (χ1n) is 6.44. The quantitative estimate of drug-likeness (QED) is 0.741. The van der Waals surface area contributed by atoms with Crippen LogP contribution >= 0.6 is 11.8 Å². The summed E-state index contributed by atoms with van der Waals surface area (Å²) in [5, 5.41) is 12.2. The average Bonchev–Trinajstić information content (AvgIpc) is 2.79. The highest BCUT2D eigenvalue weighted by atomic mass is 32.2. The number of hydrogen-bond acceptors (Lipinski definition) is 3. The predicted molar refractivity (Wildman–Crippen MR) is 71.7 cm³/mol. The minimum atomic E-state index is -0.730. The van der Waals surface area contributed by atoms with Gasteiger partial charge < -0.3 is 5.32 Å². The maximum atomic E-state index is 12.1. The molecule has 1 saturated carbocycles. The lowest BCUT2D eigenvalue weighted by Gasteiger charge is -2.22. The topological polar surface area (TPSA) is 52.9 Å². The molecule has 0 aromatic heterocycles. The van der Waals surface area contributed by atoms with E-state index in [0.717, 1.165) is 43.6 Å². The second-order valence-corrected chi connectivity index (χ2v) is 6.15. The number of thioether (sulfide) groups is 1. The molecule has 0 aliphatic heterocycles. The van der Waals surface area contributed by atoms with E-state index in [1.165, 1.54) is 0 Å². The van der Waals surface area contributed by atoms with E-state index >= 15 is 0 Å². The van der Waals surface area contributed by atoms with Crippen molar-refractivity contribution >= 4 is 17.7 Å². The van der Waals surface area contributed by atoms with E-state index in [4.69, 9.17) is 0 Å². The summed E-state index contributed by atoms with van der Waals surface area (Å²) < 4.78 is 0. The van der Waals surface area contributed by atoms with Crippen molar-refractivity contribution in [2.45, 2.75) is 52.0 Å². The van der Waals surface area contributed by atoms with Crippen LogP contribution in [0.15, 0.2) is 0 Å². The van der Waals surface area contributed by atoms with E-state index in [2.05, 4.69) is 18.3 Å². The number of rotatable bonds is 6. The first-order chi connectivity index (χ1) is 8.14. The van der Waals surface area contributed by atoms with Crippen LogP contribution in [0.4, 0.5) is 0 Å². The Balaban J connectivity index is 2.40. The Morgan fingerprint density at radius 2 is 2.18 bits per heavy atom. The number of nitrogens with zero attached hydrogens (tertiary/aromatic N) is 1. The fourth-order valence-electron chi connectivity index (χ4n) is 2.21. The van der Waals surface area contributed by atoms with Crippen LogP contribution < -0.4 is 5.32 Å². The highest BCUT2D eigenvalue weighted by Gasteiger charge is 2.41. The number of amides is 1. The minimum absolute atomic E-state index is 0.0495. The Morgan fingerprint density at radius 3 is 2.71 bits per heavy atom. The molecule has 0 saturated heterocycles. The van der Waals surface area contributed by atoms with Crippen molar-refractivity contribution in [2.24, 2.45) is 5.41 Å². The summed E-state index contributed by atoms with van der Waals surface area (Å²) in [6.45, 7) is 4.16. The third kappa shape index (κ3) is 3.92. The fourth-order valence-corrected chi connectivity index (χ4v) is 3.02. The molecule has 1 unspecified atom stereocenters. The highest BCUT2D eigenvalue weighted by molar-refractivity contribution is 7.99. The molecular formula is C13H22N2OS. The monoisotopic (exact) mass is 254 g/mol. The molecule has 0 heterocycles. The summed E-state index contributed by atoms with van der Waals surface area (Å²) in [7, 11) is 0. The molecule has 0 bridgehead atoms. The second kappa shape index (κ2) is 6.90. The summed E-state index contributed by atoms with van der Waals surface area (Å²) >= 11 is 1.88. The molecule has 0 aromatic rings. The lowest BCUT2D eigenvalue weighted by molar-refractivity contribution is -0.128. The Hall–Kier alpha value is -0.690. The predicted octanol–water partition coefficient (Wildman–Crippen LogP) is 2.72. The van der Waals surface area contributed by atoms with Crippen LogP contribution in [-0.2, 0) is 4.79 Å². The van der Waals surface area contributed by atoms with Crippen molar-refractivity contribution < 1.29 is 4.79 Å². The maximum Gasteiger partial charge on any atom is 0.240 e. The molecule has 1 atom stereocenters. The van der Waals surface area contributed by atoms with Gasteiger partial charge in [0.05, 0.1) is 6.07 Å². The van der Waals surface area contributed by atoms with Crippen molar-refractivity contribution in [2.75, 3.05) is 11.5 Å². The van der Waals surface area contributed by atoms with Gasteiger partial charge in [-0.1, -0.05) is 19.8 Å². The van der Waals surface area contributed by atoms with Gasteiger partial charge in [-0.15, -0.1) is 0 Å². The standard InChI is InChI=1S/C13H22N2OS/c1-3-17-9-6-11(2)15-12(16)13(10-14)7-4-5-8-13/h11H,3-9H2,1-2H3,(H,15,16). The van der Waals surface area contributed by atoms with Crippen LogP contribution in [0.3, 0.4) is 0 Å². The Kier molecular flexibility index (Phi) is 5.84. The molecule has 3 nitrogen and oxygen atoms in total. The molecule has 1 fully saturated rings. The number of nitriles is 1. The highest BCUT2D eigenvalue weighted by Crippen LogP contribution is 2.37. The molecule has 1 aliphatic carbocycles. The third-order valence-electron chi connectivity index (χ3n) is 3.38. The summed E-state index contributed by atoms with van der Waals surface area (Å²) in [6.07, 6.45) is 4.44. The zero-order valence-electron chi connectivity index (χ0n) is 10.8. The van der Waals surface area contributed by atoms with E-state index in [9.17, 15) is 10.1 Å². The first kappa shape index (κ1) is 14.4. The van der Waals surface area contributed by atoms with Gasteiger partial charge in [-0.3, -0.25) is 4.79 Å². The van der Waals surface area contributed by atoms with Gasteiger partial charge in [0.25, 0.3) is 0 Å². The molecule has 96 valence electrons. The number of hydrogen-bond donors (Lipinski definition) is 1. The lowest BCUT2D eigenvalue weighted by atomic mass is 9.87. The van der Waals surface area contributed by atoms with Crippen molar-refractivity contribution in [1.29, 1.82) is 5.26 Å². The zero-order valence-corrected chi connectivity index (χ0v) is 11.6. The molecular weight excluding hydrogens is 232 g/mol. The van der Waals surface area contributed by atoms with Crippen molar-refractivity contribution in [3.05, 3.63) is 0 Å². The smallest absolute Gasteiger partial charge is 0.240 e. The molecule has 0 spiro atoms. The minimum Gasteiger partial charge on any atom is -0.352 e. The molecule has 17 heavy (non-hydrogen) atoms. The van der Waals surface area contributed by atoms with Crippen molar-refractivity contribution in [3.63, 3.8) is 0 Å². The lowest BCUT2D eigenvalue weighted by Crippen LogP contribution is -2.42. The van der Waals surface area contributed by atoms with Gasteiger partial charge in [-0.05, 0) is 37.7 Å². The molecule has 1 N–H and O–H groups in total. The first-order valence-corrected chi connectivity index (χ1v) is 7.60. The van der Waals surface area contributed by atoms with Gasteiger partial charge in [-0.25, -0.2) is 0 Å². The normalized spacial score (nSPS) is 19.6. The van der Waals surface area contributed by atoms with Gasteiger partial charge in [-0.2, -0.15) is 17.0 Å². The van der Waals surface area contributed by atoms with Crippen molar-refractivity contribution in [1.82, 2.24) is 5.32 Å². The van der Waals surface area contributed by atoms with E-state index in [1.54, 1.807) is 0 Å². The third-order valence-corrected chi connectivity index (χ3v) is 4.32. The van der Waals surface area contributed by atoms with E-state index < -0.39 is 5.41 Å². The van der Waals surface area contributed by atoms with Crippen LogP contribution in [0.2, 0.25) is 0 Å². The molecule has 0 radical (unpaired) electrons. The van der Waals surface area contributed by atoms with Gasteiger partial charge in [0.15, 0.2) is 0 Å². The fraction of sp³-hybridized carbons (Fsp3) is 0.846. The van der Waals surface area contributed by atoms with Crippen LogP contribution in [0.5, 0.6) is 0 Å². The van der Waals surface area contributed by atoms with Gasteiger partial charge in [0.2, 0.25) is 5.91 Å². The molecule has 1 amide bonds. The van der Waals surface area contributed by atoms with E-state index in [0.29, 0.717) is 0 Å². The number of nitrogens with one attached hydrogen (secondary N) is 1. The molecule has 0 aromatic carbocycles. The van der Waals surface area contributed by atoms with Crippen LogP contribution in [0.1, 0.15) is 46.0 Å². The Morgan fingerprint density at radius 1 is 1.53 bits per heavy atom. The van der Waals surface area contributed by atoms with Crippen LogP contribution in [-0.4, -0.2) is 23.5 Å². The number of carbonyl (C=O) groups excluding carboxylic acids is 1. The zero-order chi connectivity index (χ0) is 12.7. The van der Waals surface area contributed by atoms with Crippen LogP contribution in [0.25, 0.3) is 0 Å². The summed E-state index contributed by atoms with van der Waals surface area (Å²) in [5.41, 5.74) is -0.730. The maximum absolute atomic E-state index is 12.1. The summed E-state index contributed by atoms with van der Waals surface area (Å²) in [5.74, 6) is 2.13. The van der Waals surface area contributed by atoms with Gasteiger partial charge >= 0.3 is 0 Å². The molecule has 1 aliphatic rings. The second-order valence-electron chi connectivity index (χ2n) is 4.76. The summed E-state index contributed by atoms with van der Waals surface area (Å²) in [4.78, 5) is 12.1.